The van der Waals surface area contributed by atoms with Gasteiger partial charge in [0.2, 0.25) is 0 Å². The highest BCUT2D eigenvalue weighted by atomic mass is 16.5. The van der Waals surface area contributed by atoms with Crippen molar-refractivity contribution in [2.45, 2.75) is 6.10 Å². The van der Waals surface area contributed by atoms with Gasteiger partial charge in [-0.15, -0.1) is 0 Å². The number of carbonyl (C=O) groups excluding carboxylic acids is 1. The smallest absolute Gasteiger partial charge is 0.331 e. The summed E-state index contributed by atoms with van der Waals surface area (Å²) in [6.07, 6.45) is 2.95. The van der Waals surface area contributed by atoms with Crippen LogP contribution in [-0.2, 0) is 9.53 Å². The van der Waals surface area contributed by atoms with Gasteiger partial charge in [-0.1, -0.05) is 54.6 Å². The van der Waals surface area contributed by atoms with Crippen LogP contribution in [0.5, 0.6) is 0 Å². The minimum absolute atomic E-state index is 0.306. The molecule has 1 aliphatic heterocycles. The van der Waals surface area contributed by atoms with Gasteiger partial charge in [-0.05, 0) is 17.2 Å². The Balaban J connectivity index is 2.13. The van der Waals surface area contributed by atoms with Gasteiger partial charge in [0.15, 0.2) is 6.10 Å². The second-order valence-electron chi connectivity index (χ2n) is 4.19. The summed E-state index contributed by atoms with van der Waals surface area (Å²) in [6, 6.07) is 17.7. The molecule has 0 radical (unpaired) electrons. The third kappa shape index (κ3) is 1.93. The van der Waals surface area contributed by atoms with Gasteiger partial charge < -0.3 is 4.74 Å². The first-order chi connectivity index (χ1) is 8.84. The molecule has 2 heteroatoms. The van der Waals surface area contributed by atoms with E-state index in [2.05, 4.69) is 0 Å². The summed E-state index contributed by atoms with van der Waals surface area (Å²) in [4.78, 5) is 11.6. The molecular formula is C16H12O2. The molecule has 1 aliphatic rings. The van der Waals surface area contributed by atoms with Crippen LogP contribution >= 0.6 is 0 Å². The number of fused-ring (bicyclic) bond motifs is 1. The van der Waals surface area contributed by atoms with E-state index >= 15 is 0 Å². The van der Waals surface area contributed by atoms with Crippen molar-refractivity contribution in [3.05, 3.63) is 77.4 Å². The molecule has 3 rings (SSSR count). The Bertz CT molecular complexity index is 600. The third-order valence-electron chi connectivity index (χ3n) is 3.01. The molecule has 1 unspecified atom stereocenters. The number of benzene rings is 2. The molecule has 0 bridgehead atoms. The van der Waals surface area contributed by atoms with Gasteiger partial charge in [-0.25, -0.2) is 4.79 Å². The second-order valence-corrected chi connectivity index (χ2v) is 4.19. The second kappa shape index (κ2) is 4.49. The lowest BCUT2D eigenvalue weighted by Gasteiger charge is -2.18. The topological polar surface area (TPSA) is 26.3 Å². The summed E-state index contributed by atoms with van der Waals surface area (Å²) in [5.41, 5.74) is 3.03. The summed E-state index contributed by atoms with van der Waals surface area (Å²) >= 11 is 0. The number of rotatable bonds is 1. The number of hydrogen-bond acceptors (Lipinski definition) is 2. The van der Waals surface area contributed by atoms with Crippen LogP contribution < -0.4 is 0 Å². The Morgan fingerprint density at radius 1 is 0.833 bits per heavy atom. The van der Waals surface area contributed by atoms with Gasteiger partial charge in [0.05, 0.1) is 0 Å². The van der Waals surface area contributed by atoms with Gasteiger partial charge in [0, 0.05) is 11.6 Å². The molecule has 0 aromatic heterocycles. The number of hydrogen-bond donors (Lipinski definition) is 0. The summed E-state index contributed by atoms with van der Waals surface area (Å²) in [5.74, 6) is -0.306. The zero-order valence-electron chi connectivity index (χ0n) is 9.74. The van der Waals surface area contributed by atoms with Gasteiger partial charge in [0.1, 0.15) is 0 Å². The van der Waals surface area contributed by atoms with E-state index in [1.165, 1.54) is 6.08 Å². The maximum atomic E-state index is 11.6. The molecule has 0 aliphatic carbocycles. The molecule has 0 saturated carbocycles. The molecule has 2 nitrogen and oxygen atoms in total. The Hall–Kier alpha value is -2.35. The van der Waals surface area contributed by atoms with Crippen LogP contribution in [0.15, 0.2) is 60.7 Å². The first-order valence-corrected chi connectivity index (χ1v) is 5.87. The van der Waals surface area contributed by atoms with Crippen molar-refractivity contribution in [3.63, 3.8) is 0 Å². The fourth-order valence-corrected chi connectivity index (χ4v) is 2.15. The summed E-state index contributed by atoms with van der Waals surface area (Å²) in [5, 5.41) is 0. The summed E-state index contributed by atoms with van der Waals surface area (Å²) < 4.78 is 5.50. The van der Waals surface area contributed by atoms with Crippen LogP contribution in [0, 0.1) is 0 Å². The van der Waals surface area contributed by atoms with E-state index in [9.17, 15) is 4.79 Å². The van der Waals surface area contributed by atoms with Gasteiger partial charge in [0.25, 0.3) is 0 Å². The van der Waals surface area contributed by atoms with Crippen molar-refractivity contribution >= 4 is 12.0 Å². The van der Waals surface area contributed by atoms with Crippen LogP contribution in [0.2, 0.25) is 0 Å². The quantitative estimate of drug-likeness (QED) is 0.710. The maximum absolute atomic E-state index is 11.6. The lowest BCUT2D eigenvalue weighted by Crippen LogP contribution is -2.09. The molecule has 0 saturated heterocycles. The molecule has 1 atom stereocenters. The molecule has 0 N–H and O–H groups in total. The highest BCUT2D eigenvalue weighted by molar-refractivity contribution is 5.89. The number of carbonyl (C=O) groups is 1. The van der Waals surface area contributed by atoms with Crippen molar-refractivity contribution in [1.29, 1.82) is 0 Å². The maximum Gasteiger partial charge on any atom is 0.331 e. The molecule has 2 aromatic rings. The van der Waals surface area contributed by atoms with Crippen molar-refractivity contribution < 1.29 is 9.53 Å². The average Bonchev–Trinajstić information content (AvgIpc) is 2.60. The first kappa shape index (κ1) is 10.8. The zero-order chi connectivity index (χ0) is 12.4. The van der Waals surface area contributed by atoms with E-state index < -0.39 is 0 Å². The molecular weight excluding hydrogens is 224 g/mol. The minimum Gasteiger partial charge on any atom is -0.449 e. The Kier molecular flexibility index (Phi) is 2.69. The zero-order valence-corrected chi connectivity index (χ0v) is 9.74. The van der Waals surface area contributed by atoms with E-state index in [0.29, 0.717) is 0 Å². The van der Waals surface area contributed by atoms with Crippen molar-refractivity contribution in [2.75, 3.05) is 0 Å². The van der Waals surface area contributed by atoms with Gasteiger partial charge in [-0.2, -0.15) is 0 Å². The predicted molar refractivity (Wildman–Crippen MR) is 69.9 cm³/mol. The third-order valence-corrected chi connectivity index (χ3v) is 3.01. The Morgan fingerprint density at radius 2 is 1.56 bits per heavy atom. The highest BCUT2D eigenvalue weighted by Gasteiger charge is 2.22. The fourth-order valence-electron chi connectivity index (χ4n) is 2.15. The van der Waals surface area contributed by atoms with Crippen molar-refractivity contribution in [1.82, 2.24) is 0 Å². The van der Waals surface area contributed by atoms with Gasteiger partial charge >= 0.3 is 5.97 Å². The molecule has 88 valence electrons. The highest BCUT2D eigenvalue weighted by Crippen LogP contribution is 2.31. The number of cyclic esters (lactones) is 1. The molecule has 0 fully saturated rings. The standard InChI is InChI=1S/C16H12O2/c17-15-11-10-12-6-4-5-9-14(12)16(18-15)13-7-2-1-3-8-13/h1-11,16H. The van der Waals surface area contributed by atoms with E-state index in [4.69, 9.17) is 4.74 Å². The fraction of sp³-hybridized carbons (Fsp3) is 0.0625. The Labute approximate surface area is 106 Å². The van der Waals surface area contributed by atoms with Crippen LogP contribution in [0.4, 0.5) is 0 Å². The van der Waals surface area contributed by atoms with E-state index in [1.807, 2.05) is 54.6 Å². The lowest BCUT2D eigenvalue weighted by molar-refractivity contribution is -0.141. The minimum atomic E-state index is -0.329. The number of ether oxygens (including phenoxy) is 1. The summed E-state index contributed by atoms with van der Waals surface area (Å²) in [6.45, 7) is 0. The van der Waals surface area contributed by atoms with Crippen LogP contribution in [0.1, 0.15) is 22.8 Å². The van der Waals surface area contributed by atoms with E-state index in [0.717, 1.165) is 16.7 Å². The molecule has 18 heavy (non-hydrogen) atoms. The largest absolute Gasteiger partial charge is 0.449 e. The first-order valence-electron chi connectivity index (χ1n) is 5.87. The van der Waals surface area contributed by atoms with Crippen LogP contribution in [0.3, 0.4) is 0 Å². The van der Waals surface area contributed by atoms with Crippen LogP contribution in [-0.4, -0.2) is 5.97 Å². The van der Waals surface area contributed by atoms with Crippen LogP contribution in [0.25, 0.3) is 6.08 Å². The van der Waals surface area contributed by atoms with Crippen molar-refractivity contribution in [2.24, 2.45) is 0 Å². The predicted octanol–water partition coefficient (Wildman–Crippen LogP) is 3.35. The lowest BCUT2D eigenvalue weighted by atomic mass is 9.97. The monoisotopic (exact) mass is 236 g/mol. The van der Waals surface area contributed by atoms with E-state index in [-0.39, 0.29) is 12.1 Å². The average molecular weight is 236 g/mol. The molecule has 0 spiro atoms. The number of esters is 1. The Morgan fingerprint density at radius 3 is 2.39 bits per heavy atom. The van der Waals surface area contributed by atoms with Gasteiger partial charge in [-0.3, -0.25) is 0 Å². The van der Waals surface area contributed by atoms with Crippen molar-refractivity contribution in [3.8, 4) is 0 Å². The normalized spacial score (nSPS) is 17.8. The van der Waals surface area contributed by atoms with E-state index in [1.54, 1.807) is 6.08 Å². The SMILES string of the molecule is O=C1C=Cc2ccccc2C(c2ccccc2)O1. The molecule has 1 heterocycles. The summed E-state index contributed by atoms with van der Waals surface area (Å²) in [7, 11) is 0. The molecule has 0 amide bonds. The molecule has 2 aromatic carbocycles.